The van der Waals surface area contributed by atoms with Gasteiger partial charge in [-0.1, -0.05) is 5.21 Å². The van der Waals surface area contributed by atoms with E-state index >= 15 is 0 Å². The average Bonchev–Trinajstić information content (AvgIpc) is 3.26. The van der Waals surface area contributed by atoms with Crippen molar-refractivity contribution in [3.05, 3.63) is 66.1 Å². The minimum Gasteiger partial charge on any atom is -0.490 e. The lowest BCUT2D eigenvalue weighted by molar-refractivity contribution is 0.0992. The van der Waals surface area contributed by atoms with Crippen molar-refractivity contribution in [2.45, 2.75) is 25.4 Å². The lowest BCUT2D eigenvalue weighted by Gasteiger charge is -2.23. The second-order valence-electron chi connectivity index (χ2n) is 8.03. The number of pyridine rings is 2. The summed E-state index contributed by atoms with van der Waals surface area (Å²) in [6, 6.07) is 13.1. The van der Waals surface area contributed by atoms with Crippen molar-refractivity contribution in [3.63, 3.8) is 0 Å². The number of ether oxygens (including phenoxy) is 1. The molecule has 0 radical (unpaired) electrons. The molecule has 4 heterocycles. The molecule has 5 rings (SSSR count). The lowest BCUT2D eigenvalue weighted by Crippen LogP contribution is -2.34. The molecule has 3 aromatic heterocycles. The highest BCUT2D eigenvalue weighted by Gasteiger charge is 2.15. The molecule has 0 spiro atoms. The van der Waals surface area contributed by atoms with Gasteiger partial charge in [0.25, 0.3) is 0 Å². The zero-order valence-electron chi connectivity index (χ0n) is 17.9. The first-order valence-electron chi connectivity index (χ1n) is 10.8. The Labute approximate surface area is 185 Å². The number of piperidine rings is 1. The van der Waals surface area contributed by atoms with Crippen LogP contribution < -0.4 is 10.1 Å². The Morgan fingerprint density at radius 3 is 2.69 bits per heavy atom. The summed E-state index contributed by atoms with van der Waals surface area (Å²) in [6.07, 6.45) is 6.02. The molecule has 1 aliphatic rings. The molecule has 4 aromatic rings. The monoisotopic (exact) mass is 428 g/mol. The Morgan fingerprint density at radius 2 is 1.94 bits per heavy atom. The molecule has 1 fully saturated rings. The maximum absolute atomic E-state index is 12.8. The van der Waals surface area contributed by atoms with Gasteiger partial charge in [-0.3, -0.25) is 14.5 Å². The van der Waals surface area contributed by atoms with Crippen molar-refractivity contribution >= 4 is 16.7 Å². The van der Waals surface area contributed by atoms with Crippen molar-refractivity contribution in [2.24, 2.45) is 7.05 Å². The largest absolute Gasteiger partial charge is 0.490 e. The summed E-state index contributed by atoms with van der Waals surface area (Å²) in [5.41, 5.74) is 3.54. The number of hydrogen-bond acceptors (Lipinski definition) is 7. The molecular weight excluding hydrogens is 404 g/mol. The number of rotatable bonds is 6. The highest BCUT2D eigenvalue weighted by molar-refractivity contribution is 5.97. The van der Waals surface area contributed by atoms with Gasteiger partial charge in [0.2, 0.25) is 0 Å². The van der Waals surface area contributed by atoms with Crippen LogP contribution in [0.5, 0.6) is 5.75 Å². The van der Waals surface area contributed by atoms with E-state index in [0.29, 0.717) is 17.0 Å². The maximum atomic E-state index is 12.8. The first-order chi connectivity index (χ1) is 15.6. The molecule has 0 saturated carbocycles. The Bertz CT molecular complexity index is 1250. The van der Waals surface area contributed by atoms with E-state index in [9.17, 15) is 4.79 Å². The zero-order chi connectivity index (χ0) is 21.9. The Balaban J connectivity index is 1.29. The van der Waals surface area contributed by atoms with Gasteiger partial charge in [0.1, 0.15) is 17.5 Å². The molecule has 1 aliphatic heterocycles. The minimum absolute atomic E-state index is 0.00958. The normalized spacial score (nSPS) is 14.5. The molecule has 8 nitrogen and oxygen atoms in total. The van der Waals surface area contributed by atoms with E-state index in [1.165, 1.54) is 0 Å². The number of carbonyl (C=O) groups is 1. The number of benzene rings is 1. The van der Waals surface area contributed by atoms with E-state index in [0.717, 1.165) is 48.3 Å². The summed E-state index contributed by atoms with van der Waals surface area (Å²) in [6.45, 7) is 1.96. The first kappa shape index (κ1) is 20.3. The molecule has 8 heteroatoms. The standard InChI is InChI=1S/C24H24N6O2/c1-30-15-23(28-29-30)21-7-4-17-14-26-18(12-22(17)27-21)13-24(31)16-2-5-19(6-3-16)32-20-8-10-25-11-9-20/h2-7,12,14-15,20,25H,8-11,13H2,1H3. The minimum atomic E-state index is 0.00958. The molecule has 0 aliphatic carbocycles. The molecule has 0 atom stereocenters. The van der Waals surface area contributed by atoms with Crippen LogP contribution in [0.1, 0.15) is 28.9 Å². The molecule has 0 bridgehead atoms. The third kappa shape index (κ3) is 4.50. The topological polar surface area (TPSA) is 94.8 Å². The zero-order valence-corrected chi connectivity index (χ0v) is 17.9. The smallest absolute Gasteiger partial charge is 0.168 e. The highest BCUT2D eigenvalue weighted by atomic mass is 16.5. The van der Waals surface area contributed by atoms with Gasteiger partial charge in [0.15, 0.2) is 5.78 Å². The third-order valence-corrected chi connectivity index (χ3v) is 5.60. The van der Waals surface area contributed by atoms with Gasteiger partial charge in [-0.05, 0) is 68.4 Å². The Kier molecular flexibility index (Phi) is 5.60. The van der Waals surface area contributed by atoms with Gasteiger partial charge in [0.05, 0.1) is 29.5 Å². The fourth-order valence-corrected chi connectivity index (χ4v) is 3.85. The Morgan fingerprint density at radius 1 is 1.12 bits per heavy atom. The van der Waals surface area contributed by atoms with E-state index in [-0.39, 0.29) is 18.3 Å². The summed E-state index contributed by atoms with van der Waals surface area (Å²) in [7, 11) is 1.82. The molecule has 1 N–H and O–H groups in total. The molecule has 32 heavy (non-hydrogen) atoms. The summed E-state index contributed by atoms with van der Waals surface area (Å²) < 4.78 is 7.66. The van der Waals surface area contributed by atoms with Gasteiger partial charge < -0.3 is 10.1 Å². The maximum Gasteiger partial charge on any atom is 0.168 e. The van der Waals surface area contributed by atoms with Crippen LogP contribution in [0.2, 0.25) is 0 Å². The van der Waals surface area contributed by atoms with E-state index in [2.05, 4.69) is 25.6 Å². The van der Waals surface area contributed by atoms with Gasteiger partial charge in [-0.2, -0.15) is 0 Å². The molecule has 162 valence electrons. The van der Waals surface area contributed by atoms with Crippen LogP contribution in [0.25, 0.3) is 22.3 Å². The van der Waals surface area contributed by atoms with Crippen LogP contribution in [0.4, 0.5) is 0 Å². The fraction of sp³-hybridized carbons (Fsp3) is 0.292. The number of hydrogen-bond donors (Lipinski definition) is 1. The quantitative estimate of drug-likeness (QED) is 0.472. The SMILES string of the molecule is Cn1cc(-c2ccc3cnc(CC(=O)c4ccc(OC5CCNCC5)cc4)cc3n2)nn1. The molecule has 0 amide bonds. The van der Waals surface area contributed by atoms with Crippen LogP contribution in [0.15, 0.2) is 54.9 Å². The van der Waals surface area contributed by atoms with Gasteiger partial charge in [-0.15, -0.1) is 5.10 Å². The predicted octanol–water partition coefficient (Wildman–Crippen LogP) is 2.98. The van der Waals surface area contributed by atoms with Crippen molar-refractivity contribution in [1.82, 2.24) is 30.3 Å². The van der Waals surface area contributed by atoms with Gasteiger partial charge in [0, 0.05) is 24.2 Å². The number of nitrogens with one attached hydrogen (secondary N) is 1. The Hall–Kier alpha value is -3.65. The van der Waals surface area contributed by atoms with Crippen LogP contribution in [-0.4, -0.2) is 49.9 Å². The van der Waals surface area contributed by atoms with E-state index in [4.69, 9.17) is 4.74 Å². The van der Waals surface area contributed by atoms with E-state index < -0.39 is 0 Å². The van der Waals surface area contributed by atoms with Crippen molar-refractivity contribution in [2.75, 3.05) is 13.1 Å². The third-order valence-electron chi connectivity index (χ3n) is 5.60. The van der Waals surface area contributed by atoms with Crippen LogP contribution in [-0.2, 0) is 13.5 Å². The molecule has 0 unspecified atom stereocenters. The van der Waals surface area contributed by atoms with Gasteiger partial charge >= 0.3 is 0 Å². The summed E-state index contributed by atoms with van der Waals surface area (Å²) >= 11 is 0. The average molecular weight is 428 g/mol. The summed E-state index contributed by atoms with van der Waals surface area (Å²) in [5.74, 6) is 0.813. The number of fused-ring (bicyclic) bond motifs is 1. The second kappa shape index (κ2) is 8.84. The number of carbonyl (C=O) groups excluding carboxylic acids is 1. The number of aryl methyl sites for hydroxylation is 1. The van der Waals surface area contributed by atoms with Crippen molar-refractivity contribution in [3.8, 4) is 17.1 Å². The van der Waals surface area contributed by atoms with Crippen LogP contribution >= 0.6 is 0 Å². The number of nitrogens with zero attached hydrogens (tertiary/aromatic N) is 5. The lowest BCUT2D eigenvalue weighted by atomic mass is 10.1. The predicted molar refractivity (Wildman–Crippen MR) is 121 cm³/mol. The number of ketones is 1. The second-order valence-corrected chi connectivity index (χ2v) is 8.03. The number of Topliss-reactive ketones (excluding diaryl/α,β-unsaturated/α-hetero) is 1. The molecule has 1 saturated heterocycles. The summed E-state index contributed by atoms with van der Waals surface area (Å²) in [4.78, 5) is 21.9. The van der Waals surface area contributed by atoms with Crippen LogP contribution in [0, 0.1) is 0 Å². The number of aromatic nitrogens is 5. The van der Waals surface area contributed by atoms with E-state index in [1.54, 1.807) is 10.9 Å². The fourth-order valence-electron chi connectivity index (χ4n) is 3.85. The molecule has 1 aromatic carbocycles. The van der Waals surface area contributed by atoms with Crippen molar-refractivity contribution < 1.29 is 9.53 Å². The highest BCUT2D eigenvalue weighted by Crippen LogP contribution is 2.21. The van der Waals surface area contributed by atoms with Crippen LogP contribution in [0.3, 0.4) is 0 Å². The molecular formula is C24H24N6O2. The first-order valence-corrected chi connectivity index (χ1v) is 10.8. The van der Waals surface area contributed by atoms with Gasteiger partial charge in [-0.25, -0.2) is 4.98 Å². The van der Waals surface area contributed by atoms with Crippen molar-refractivity contribution in [1.29, 1.82) is 0 Å². The summed E-state index contributed by atoms with van der Waals surface area (Å²) in [5, 5.41) is 12.3. The van der Waals surface area contributed by atoms with E-state index in [1.807, 2.05) is 55.7 Å².